The minimum Gasteiger partial charge on any atom is -0.507 e. The fourth-order valence-corrected chi connectivity index (χ4v) is 3.92. The summed E-state index contributed by atoms with van der Waals surface area (Å²) >= 11 is 6.05. The van der Waals surface area contributed by atoms with Gasteiger partial charge >= 0.3 is 0 Å². The molecule has 164 valence electrons. The molecule has 2 aromatic rings. The summed E-state index contributed by atoms with van der Waals surface area (Å²) in [6, 6.07) is 13.0. The number of hydrogen-bond donors (Lipinski definition) is 1. The van der Waals surface area contributed by atoms with Gasteiger partial charge < -0.3 is 19.6 Å². The SMILES string of the molecule is CCN(CC)CCN1C(=O)C(=O)/C(=C(\O)c2ccc(OC)cc2)C1c1ccc(Cl)cc1. The molecule has 1 N–H and O–H groups in total. The number of ketones is 1. The number of benzene rings is 2. The van der Waals surface area contributed by atoms with Crippen LogP contribution in [0.15, 0.2) is 54.1 Å². The number of Topliss-reactive ketones (excluding diaryl/α,β-unsaturated/α-hetero) is 1. The lowest BCUT2D eigenvalue weighted by molar-refractivity contribution is -0.140. The number of carbonyl (C=O) groups is 2. The fraction of sp³-hybridized carbons (Fsp3) is 0.333. The summed E-state index contributed by atoms with van der Waals surface area (Å²) in [4.78, 5) is 29.7. The van der Waals surface area contributed by atoms with Gasteiger partial charge in [-0.2, -0.15) is 0 Å². The van der Waals surface area contributed by atoms with E-state index in [1.165, 1.54) is 0 Å². The number of ether oxygens (including phenoxy) is 1. The first-order valence-corrected chi connectivity index (χ1v) is 10.7. The van der Waals surface area contributed by atoms with Crippen LogP contribution in [0.5, 0.6) is 5.75 Å². The fourth-order valence-electron chi connectivity index (χ4n) is 3.80. The number of hydrogen-bond acceptors (Lipinski definition) is 5. The third-order valence-electron chi connectivity index (χ3n) is 5.64. The largest absolute Gasteiger partial charge is 0.507 e. The molecular weight excluding hydrogens is 416 g/mol. The number of aliphatic hydroxyl groups is 1. The first-order valence-electron chi connectivity index (χ1n) is 10.3. The number of likely N-dealkylation sites (N-methyl/N-ethyl adjacent to an activating group) is 1. The number of methoxy groups -OCH3 is 1. The smallest absolute Gasteiger partial charge is 0.295 e. The van der Waals surface area contributed by atoms with Crippen molar-refractivity contribution >= 4 is 29.1 Å². The molecular formula is C24H27ClN2O4. The molecule has 1 fully saturated rings. The van der Waals surface area contributed by atoms with Crippen molar-refractivity contribution in [2.24, 2.45) is 0 Å². The standard InChI is InChI=1S/C24H27ClN2O4/c1-4-26(5-2)14-15-27-21(16-6-10-18(25)11-7-16)20(23(29)24(27)30)22(28)17-8-12-19(31-3)13-9-17/h6-13,21,28H,4-5,14-15H2,1-3H3/b22-20-. The van der Waals surface area contributed by atoms with Crippen molar-refractivity contribution in [2.75, 3.05) is 33.3 Å². The molecule has 2 aromatic carbocycles. The summed E-state index contributed by atoms with van der Waals surface area (Å²) in [7, 11) is 1.55. The van der Waals surface area contributed by atoms with Gasteiger partial charge in [0.15, 0.2) is 0 Å². The van der Waals surface area contributed by atoms with E-state index >= 15 is 0 Å². The van der Waals surface area contributed by atoms with Gasteiger partial charge in [-0.3, -0.25) is 9.59 Å². The molecule has 7 heteroatoms. The van der Waals surface area contributed by atoms with E-state index in [9.17, 15) is 14.7 Å². The van der Waals surface area contributed by atoms with Crippen LogP contribution in [0.1, 0.15) is 31.0 Å². The number of amides is 1. The summed E-state index contributed by atoms with van der Waals surface area (Å²) < 4.78 is 5.16. The van der Waals surface area contributed by atoms with E-state index in [4.69, 9.17) is 16.3 Å². The second-order valence-corrected chi connectivity index (χ2v) is 7.74. The molecule has 0 bridgehead atoms. The number of halogens is 1. The highest BCUT2D eigenvalue weighted by Gasteiger charge is 2.45. The third kappa shape index (κ3) is 4.75. The van der Waals surface area contributed by atoms with Crippen molar-refractivity contribution in [3.8, 4) is 5.75 Å². The first kappa shape index (κ1) is 22.8. The van der Waals surface area contributed by atoms with Gasteiger partial charge in [-0.05, 0) is 55.1 Å². The number of aliphatic hydroxyl groups excluding tert-OH is 1. The highest BCUT2D eigenvalue weighted by molar-refractivity contribution is 6.46. The van der Waals surface area contributed by atoms with Crippen LogP contribution in [0.4, 0.5) is 0 Å². The number of nitrogens with zero attached hydrogens (tertiary/aromatic N) is 2. The van der Waals surface area contributed by atoms with Crippen LogP contribution >= 0.6 is 11.6 Å². The van der Waals surface area contributed by atoms with Crippen LogP contribution in [-0.4, -0.2) is 59.9 Å². The van der Waals surface area contributed by atoms with Crippen LogP contribution in [0.3, 0.4) is 0 Å². The molecule has 1 atom stereocenters. The van der Waals surface area contributed by atoms with Gasteiger partial charge in [0.25, 0.3) is 11.7 Å². The van der Waals surface area contributed by atoms with Crippen LogP contribution < -0.4 is 4.74 Å². The van der Waals surface area contributed by atoms with Crippen molar-refractivity contribution in [2.45, 2.75) is 19.9 Å². The maximum atomic E-state index is 13.0. The lowest BCUT2D eigenvalue weighted by atomic mass is 9.95. The summed E-state index contributed by atoms with van der Waals surface area (Å²) in [6.45, 7) is 6.80. The summed E-state index contributed by atoms with van der Waals surface area (Å²) in [6.07, 6.45) is 0. The zero-order valence-corrected chi connectivity index (χ0v) is 18.7. The molecule has 0 saturated carbocycles. The molecule has 0 aliphatic carbocycles. The molecule has 0 aromatic heterocycles. The normalized spacial score (nSPS) is 18.1. The van der Waals surface area contributed by atoms with Gasteiger partial charge in [-0.1, -0.05) is 37.6 Å². The van der Waals surface area contributed by atoms with E-state index in [1.807, 2.05) is 0 Å². The van der Waals surface area contributed by atoms with Crippen molar-refractivity contribution in [1.82, 2.24) is 9.80 Å². The lowest BCUT2D eigenvalue weighted by Crippen LogP contribution is -2.38. The summed E-state index contributed by atoms with van der Waals surface area (Å²) in [5, 5.41) is 11.6. The minimum atomic E-state index is -0.687. The molecule has 6 nitrogen and oxygen atoms in total. The highest BCUT2D eigenvalue weighted by Crippen LogP contribution is 2.39. The third-order valence-corrected chi connectivity index (χ3v) is 5.89. The Hall–Kier alpha value is -2.83. The Morgan fingerprint density at radius 3 is 2.23 bits per heavy atom. The zero-order chi connectivity index (χ0) is 22.5. The second kappa shape index (κ2) is 9.98. The first-order chi connectivity index (χ1) is 14.9. The molecule has 1 saturated heterocycles. The van der Waals surface area contributed by atoms with Gasteiger partial charge in [0.1, 0.15) is 11.5 Å². The Balaban J connectivity index is 2.07. The molecule has 3 rings (SSSR count). The Labute approximate surface area is 187 Å². The number of likely N-dealkylation sites (tertiary alicyclic amines) is 1. The predicted octanol–water partition coefficient (Wildman–Crippen LogP) is 4.11. The van der Waals surface area contributed by atoms with Crippen LogP contribution in [-0.2, 0) is 9.59 Å². The molecule has 1 aliphatic heterocycles. The monoisotopic (exact) mass is 442 g/mol. The van der Waals surface area contributed by atoms with Crippen molar-refractivity contribution in [3.05, 3.63) is 70.3 Å². The summed E-state index contributed by atoms with van der Waals surface area (Å²) in [5.74, 6) is -0.869. The van der Waals surface area contributed by atoms with E-state index in [0.717, 1.165) is 18.7 Å². The highest BCUT2D eigenvalue weighted by atomic mass is 35.5. The van der Waals surface area contributed by atoms with E-state index < -0.39 is 17.7 Å². The zero-order valence-electron chi connectivity index (χ0n) is 18.0. The number of carbonyl (C=O) groups excluding carboxylic acids is 2. The van der Waals surface area contributed by atoms with E-state index in [-0.39, 0.29) is 11.3 Å². The second-order valence-electron chi connectivity index (χ2n) is 7.30. The average Bonchev–Trinajstić information content (AvgIpc) is 3.05. The van der Waals surface area contributed by atoms with Crippen LogP contribution in [0.25, 0.3) is 5.76 Å². The lowest BCUT2D eigenvalue weighted by Gasteiger charge is -2.28. The van der Waals surface area contributed by atoms with Crippen LogP contribution in [0.2, 0.25) is 5.02 Å². The van der Waals surface area contributed by atoms with Gasteiger partial charge in [0, 0.05) is 23.7 Å². The van der Waals surface area contributed by atoms with Crippen molar-refractivity contribution in [1.29, 1.82) is 0 Å². The van der Waals surface area contributed by atoms with Gasteiger partial charge in [0.2, 0.25) is 0 Å². The maximum Gasteiger partial charge on any atom is 0.295 e. The van der Waals surface area contributed by atoms with E-state index in [2.05, 4.69) is 18.7 Å². The van der Waals surface area contributed by atoms with E-state index in [1.54, 1.807) is 60.5 Å². The van der Waals surface area contributed by atoms with E-state index in [0.29, 0.717) is 29.4 Å². The summed E-state index contributed by atoms with van der Waals surface area (Å²) in [5.41, 5.74) is 1.25. The topological polar surface area (TPSA) is 70.1 Å². The Morgan fingerprint density at radius 1 is 1.06 bits per heavy atom. The number of rotatable bonds is 8. The molecule has 31 heavy (non-hydrogen) atoms. The average molecular weight is 443 g/mol. The molecule has 1 aliphatic rings. The van der Waals surface area contributed by atoms with Crippen molar-refractivity contribution in [3.63, 3.8) is 0 Å². The maximum absolute atomic E-state index is 13.0. The Bertz CT molecular complexity index is 966. The predicted molar refractivity (Wildman–Crippen MR) is 121 cm³/mol. The Kier molecular flexibility index (Phi) is 7.36. The van der Waals surface area contributed by atoms with Gasteiger partial charge in [0.05, 0.1) is 18.7 Å². The van der Waals surface area contributed by atoms with Crippen molar-refractivity contribution < 1.29 is 19.4 Å². The Morgan fingerprint density at radius 2 is 1.68 bits per heavy atom. The molecule has 0 radical (unpaired) electrons. The minimum absolute atomic E-state index is 0.0806. The molecule has 0 spiro atoms. The molecule has 1 amide bonds. The van der Waals surface area contributed by atoms with Gasteiger partial charge in [-0.15, -0.1) is 0 Å². The van der Waals surface area contributed by atoms with Gasteiger partial charge in [-0.25, -0.2) is 0 Å². The molecule has 1 unspecified atom stereocenters. The quantitative estimate of drug-likeness (QED) is 0.378. The van der Waals surface area contributed by atoms with Crippen LogP contribution in [0, 0.1) is 0 Å². The molecule has 1 heterocycles.